The van der Waals surface area contributed by atoms with Crippen LogP contribution < -0.4 is 5.32 Å². The Kier molecular flexibility index (Phi) is 4.21. The van der Waals surface area contributed by atoms with Gasteiger partial charge in [0.15, 0.2) is 0 Å². The summed E-state index contributed by atoms with van der Waals surface area (Å²) in [7, 11) is 1.61. The van der Waals surface area contributed by atoms with Gasteiger partial charge in [0.2, 0.25) is 5.91 Å². The average molecular weight is 269 g/mol. The van der Waals surface area contributed by atoms with Crippen LogP contribution in [0.4, 0.5) is 0 Å². The predicted molar refractivity (Wildman–Crippen MR) is 66.3 cm³/mol. The number of hydrogen-bond donors (Lipinski definition) is 1. The Morgan fingerprint density at radius 3 is 2.83 bits per heavy atom. The van der Waals surface area contributed by atoms with Crippen molar-refractivity contribution in [1.82, 2.24) is 24.7 Å². The van der Waals surface area contributed by atoms with Gasteiger partial charge in [-0.1, -0.05) is 4.49 Å². The topological polar surface area (TPSA) is 78.4 Å². The van der Waals surface area contributed by atoms with E-state index < -0.39 is 0 Å². The van der Waals surface area contributed by atoms with Crippen LogP contribution in [-0.2, 0) is 4.79 Å². The van der Waals surface area contributed by atoms with Crippen LogP contribution in [0.5, 0.6) is 0 Å². The Morgan fingerprint density at radius 2 is 2.22 bits per heavy atom. The maximum Gasteiger partial charge on any atom is 0.267 e. The molecule has 98 valence electrons. The summed E-state index contributed by atoms with van der Waals surface area (Å²) >= 11 is 1.03. The summed E-state index contributed by atoms with van der Waals surface area (Å²) in [6.45, 7) is 3.10. The Labute approximate surface area is 109 Å². The van der Waals surface area contributed by atoms with Gasteiger partial charge in [-0.2, -0.15) is 0 Å². The van der Waals surface area contributed by atoms with E-state index in [2.05, 4.69) is 14.9 Å². The molecule has 0 aliphatic carbocycles. The monoisotopic (exact) mass is 269 g/mol. The second-order valence-electron chi connectivity index (χ2n) is 4.07. The van der Waals surface area contributed by atoms with Crippen molar-refractivity contribution in [1.29, 1.82) is 0 Å². The fourth-order valence-corrected chi connectivity index (χ4v) is 2.25. The Morgan fingerprint density at radius 1 is 1.50 bits per heavy atom. The van der Waals surface area contributed by atoms with E-state index in [1.54, 1.807) is 11.9 Å². The number of hydrogen-bond acceptors (Lipinski definition) is 6. The van der Waals surface area contributed by atoms with Crippen molar-refractivity contribution < 1.29 is 9.59 Å². The van der Waals surface area contributed by atoms with Gasteiger partial charge in [-0.05, 0) is 11.5 Å². The average Bonchev–Trinajstić information content (AvgIpc) is 2.92. The molecule has 18 heavy (non-hydrogen) atoms. The van der Waals surface area contributed by atoms with Gasteiger partial charge in [-0.25, -0.2) is 0 Å². The zero-order valence-electron chi connectivity index (χ0n) is 10.1. The quantitative estimate of drug-likeness (QED) is 0.765. The molecule has 7 nitrogen and oxygen atoms in total. The zero-order chi connectivity index (χ0) is 13.0. The van der Waals surface area contributed by atoms with Crippen LogP contribution in [0, 0.1) is 0 Å². The van der Waals surface area contributed by atoms with Gasteiger partial charge in [0.1, 0.15) is 4.88 Å². The highest BCUT2D eigenvalue weighted by atomic mass is 32.1. The van der Waals surface area contributed by atoms with Gasteiger partial charge in [0, 0.05) is 33.2 Å². The highest BCUT2D eigenvalue weighted by Crippen LogP contribution is 2.06. The summed E-state index contributed by atoms with van der Waals surface area (Å²) in [5.74, 6) is -0.238. The first-order chi connectivity index (χ1) is 8.68. The molecule has 8 heteroatoms. The van der Waals surface area contributed by atoms with E-state index in [0.717, 1.165) is 24.6 Å². The number of carbonyl (C=O) groups excluding carboxylic acids is 2. The lowest BCUT2D eigenvalue weighted by atomic mass is 10.3. The molecule has 1 fully saturated rings. The molecule has 0 unspecified atom stereocenters. The molecule has 1 aromatic rings. The third kappa shape index (κ3) is 3.02. The number of aromatic nitrogens is 2. The number of amides is 2. The maximum atomic E-state index is 12.0. The molecule has 1 N–H and O–H groups in total. The summed E-state index contributed by atoms with van der Waals surface area (Å²) in [4.78, 5) is 27.5. The first-order valence-corrected chi connectivity index (χ1v) is 6.47. The highest BCUT2D eigenvalue weighted by molar-refractivity contribution is 7.07. The first kappa shape index (κ1) is 12.9. The molecule has 1 aromatic heterocycles. The molecule has 0 aromatic carbocycles. The molecule has 2 heterocycles. The molecule has 0 atom stereocenters. The van der Waals surface area contributed by atoms with Crippen LogP contribution >= 0.6 is 11.5 Å². The van der Waals surface area contributed by atoms with E-state index in [4.69, 9.17) is 0 Å². The van der Waals surface area contributed by atoms with E-state index >= 15 is 0 Å². The standard InChI is InChI=1S/C10H15N5O2S/c1-14(10(17)8-6-12-13-18-8)7-9(16)15-4-2-11-3-5-15/h6,11H,2-5,7H2,1H3. The molecular weight excluding hydrogens is 254 g/mol. The minimum absolute atomic E-state index is 0.0233. The van der Waals surface area contributed by atoms with Crippen LogP contribution in [0.2, 0.25) is 0 Å². The number of nitrogens with zero attached hydrogens (tertiary/aromatic N) is 4. The minimum Gasteiger partial charge on any atom is -0.339 e. The Balaban J connectivity index is 1.88. The molecule has 1 saturated heterocycles. The number of rotatable bonds is 3. The summed E-state index contributed by atoms with van der Waals surface area (Å²) in [5.41, 5.74) is 0. The van der Waals surface area contributed by atoms with Gasteiger partial charge in [-0.15, -0.1) is 5.10 Å². The second-order valence-corrected chi connectivity index (χ2v) is 4.86. The van der Waals surface area contributed by atoms with Crippen LogP contribution in [0.3, 0.4) is 0 Å². The molecule has 2 amide bonds. The Bertz CT molecular complexity index is 416. The van der Waals surface area contributed by atoms with Crippen molar-refractivity contribution in [3.8, 4) is 0 Å². The lowest BCUT2D eigenvalue weighted by Gasteiger charge is -2.29. The van der Waals surface area contributed by atoms with E-state index in [1.165, 1.54) is 11.1 Å². The third-order valence-corrected chi connectivity index (χ3v) is 3.41. The molecule has 0 spiro atoms. The third-order valence-electron chi connectivity index (χ3n) is 2.76. The smallest absolute Gasteiger partial charge is 0.267 e. The van der Waals surface area contributed by atoms with Crippen molar-refractivity contribution in [3.63, 3.8) is 0 Å². The minimum atomic E-state index is -0.214. The number of likely N-dealkylation sites (N-methyl/N-ethyl adjacent to an activating group) is 1. The SMILES string of the molecule is CN(CC(=O)N1CCNCC1)C(=O)c1cnns1. The number of nitrogens with one attached hydrogen (secondary N) is 1. The van der Waals surface area contributed by atoms with Crippen molar-refractivity contribution in [2.24, 2.45) is 0 Å². The van der Waals surface area contributed by atoms with Crippen molar-refractivity contribution in [2.75, 3.05) is 39.8 Å². The molecule has 0 bridgehead atoms. The fourth-order valence-electron chi connectivity index (χ4n) is 1.74. The first-order valence-electron chi connectivity index (χ1n) is 5.70. The van der Waals surface area contributed by atoms with Crippen LogP contribution in [0.1, 0.15) is 9.67 Å². The molecule has 1 aliphatic heterocycles. The van der Waals surface area contributed by atoms with Crippen molar-refractivity contribution in [2.45, 2.75) is 0 Å². The molecule has 2 rings (SSSR count). The molecular formula is C10H15N5O2S. The summed E-state index contributed by atoms with van der Waals surface area (Å²) in [6, 6.07) is 0. The maximum absolute atomic E-state index is 12.0. The van der Waals surface area contributed by atoms with Crippen molar-refractivity contribution in [3.05, 3.63) is 11.1 Å². The van der Waals surface area contributed by atoms with E-state index in [9.17, 15) is 9.59 Å². The van der Waals surface area contributed by atoms with Gasteiger partial charge in [0.05, 0.1) is 12.7 Å². The van der Waals surface area contributed by atoms with E-state index in [1.807, 2.05) is 0 Å². The second kappa shape index (κ2) is 5.87. The van der Waals surface area contributed by atoms with Gasteiger partial charge in [0.25, 0.3) is 5.91 Å². The molecule has 0 saturated carbocycles. The predicted octanol–water partition coefficient (Wildman–Crippen LogP) is -0.958. The van der Waals surface area contributed by atoms with Gasteiger partial charge < -0.3 is 15.1 Å². The van der Waals surface area contributed by atoms with Gasteiger partial charge >= 0.3 is 0 Å². The van der Waals surface area contributed by atoms with Crippen molar-refractivity contribution >= 4 is 23.3 Å². The normalized spacial score (nSPS) is 15.5. The summed E-state index contributed by atoms with van der Waals surface area (Å²) < 4.78 is 3.64. The largest absolute Gasteiger partial charge is 0.339 e. The van der Waals surface area contributed by atoms with E-state index in [-0.39, 0.29) is 18.4 Å². The highest BCUT2D eigenvalue weighted by Gasteiger charge is 2.21. The van der Waals surface area contributed by atoms with Crippen LogP contribution in [0.25, 0.3) is 0 Å². The molecule has 0 radical (unpaired) electrons. The Hall–Kier alpha value is -1.54. The lowest BCUT2D eigenvalue weighted by molar-refractivity contribution is -0.132. The number of carbonyl (C=O) groups is 2. The molecule has 1 aliphatic rings. The fraction of sp³-hybridized carbons (Fsp3) is 0.600. The summed E-state index contributed by atoms with van der Waals surface area (Å²) in [6.07, 6.45) is 1.42. The summed E-state index contributed by atoms with van der Waals surface area (Å²) in [5, 5.41) is 6.79. The van der Waals surface area contributed by atoms with Crippen LogP contribution in [0.15, 0.2) is 6.20 Å². The lowest BCUT2D eigenvalue weighted by Crippen LogP contribution is -2.49. The van der Waals surface area contributed by atoms with Crippen LogP contribution in [-0.4, -0.2) is 71.0 Å². The van der Waals surface area contributed by atoms with E-state index in [0.29, 0.717) is 18.0 Å². The number of piperazine rings is 1. The zero-order valence-corrected chi connectivity index (χ0v) is 10.9. The van der Waals surface area contributed by atoms with Gasteiger partial charge in [-0.3, -0.25) is 9.59 Å².